The maximum Gasteiger partial charge on any atom is 0.253 e. The van der Waals surface area contributed by atoms with Gasteiger partial charge in [-0.05, 0) is 38.0 Å². The molecule has 142 valence electrons. The van der Waals surface area contributed by atoms with E-state index in [0.29, 0.717) is 44.3 Å². The molecule has 2 heterocycles. The first-order chi connectivity index (χ1) is 12.4. The Hall–Kier alpha value is -1.70. The van der Waals surface area contributed by atoms with E-state index >= 15 is 0 Å². The van der Waals surface area contributed by atoms with Crippen LogP contribution in [0.5, 0.6) is 0 Å². The van der Waals surface area contributed by atoms with E-state index in [9.17, 15) is 13.2 Å². The Balaban J connectivity index is 1.77. The quantitative estimate of drug-likeness (QED) is 0.736. The van der Waals surface area contributed by atoms with Gasteiger partial charge in [0.05, 0.1) is 11.5 Å². The average Bonchev–Trinajstić information content (AvgIpc) is 3.10. The lowest BCUT2D eigenvalue weighted by Crippen LogP contribution is -2.35. The van der Waals surface area contributed by atoms with Crippen molar-refractivity contribution in [3.63, 3.8) is 0 Å². The highest BCUT2D eigenvalue weighted by molar-refractivity contribution is 7.89. The summed E-state index contributed by atoms with van der Waals surface area (Å²) in [6.45, 7) is 4.85. The van der Waals surface area contributed by atoms with E-state index in [1.54, 1.807) is 30.2 Å². The number of carbonyl (C=O) groups excluding carboxylic acids is 1. The number of hydrogen-bond donors (Lipinski definition) is 0. The largest absolute Gasteiger partial charge is 0.384 e. The molecule has 1 atom stereocenters. The Morgan fingerprint density at radius 1 is 1.31 bits per heavy atom. The van der Waals surface area contributed by atoms with Crippen LogP contribution in [0.3, 0.4) is 0 Å². The molecule has 0 spiro atoms. The number of ether oxygens (including phenoxy) is 1. The van der Waals surface area contributed by atoms with Crippen LogP contribution in [0.4, 0.5) is 0 Å². The molecule has 1 saturated heterocycles. The van der Waals surface area contributed by atoms with Crippen molar-refractivity contribution in [1.29, 1.82) is 0 Å². The van der Waals surface area contributed by atoms with E-state index in [-0.39, 0.29) is 10.8 Å². The number of carbonyl (C=O) groups is 1. The van der Waals surface area contributed by atoms with Gasteiger partial charge < -0.3 is 9.64 Å². The van der Waals surface area contributed by atoms with Gasteiger partial charge in [0.25, 0.3) is 5.91 Å². The van der Waals surface area contributed by atoms with Crippen LogP contribution < -0.4 is 0 Å². The van der Waals surface area contributed by atoms with Gasteiger partial charge in [-0.3, -0.25) is 4.79 Å². The summed E-state index contributed by atoms with van der Waals surface area (Å²) in [6, 6.07) is 6.40. The second kappa shape index (κ2) is 7.90. The summed E-state index contributed by atoms with van der Waals surface area (Å²) in [5.74, 6) is 0.231. The highest BCUT2D eigenvalue weighted by Gasteiger charge is 2.29. The Morgan fingerprint density at radius 3 is 2.81 bits per heavy atom. The minimum absolute atomic E-state index is 0.116. The molecule has 7 heteroatoms. The molecule has 1 unspecified atom stereocenters. The van der Waals surface area contributed by atoms with Gasteiger partial charge >= 0.3 is 0 Å². The molecule has 0 aromatic heterocycles. The van der Waals surface area contributed by atoms with Gasteiger partial charge in [0.2, 0.25) is 10.0 Å². The zero-order valence-electron chi connectivity index (χ0n) is 15.3. The third kappa shape index (κ3) is 4.00. The van der Waals surface area contributed by atoms with E-state index < -0.39 is 10.0 Å². The van der Waals surface area contributed by atoms with Crippen molar-refractivity contribution in [2.45, 2.75) is 24.7 Å². The van der Waals surface area contributed by atoms with Gasteiger partial charge in [-0.15, -0.1) is 0 Å². The molecule has 0 bridgehead atoms. The molecule has 1 aromatic rings. The molecule has 1 fully saturated rings. The smallest absolute Gasteiger partial charge is 0.253 e. The summed E-state index contributed by atoms with van der Waals surface area (Å²) in [6.07, 6.45) is 3.60. The average molecular weight is 378 g/mol. The standard InChI is InChI=1S/C19H26N2O4S/c1-15-6-10-21(11-7-15)26(23,24)18-5-3-4-17(12-18)19(22)20-9-8-16(13-20)14-25-2/h3-6,12,16H,7-11,13-14H2,1-2H3. The van der Waals surface area contributed by atoms with Crippen LogP contribution in [0.1, 0.15) is 30.1 Å². The number of amides is 1. The van der Waals surface area contributed by atoms with Crippen LogP contribution in [0.2, 0.25) is 0 Å². The van der Waals surface area contributed by atoms with Crippen LogP contribution in [0.25, 0.3) is 0 Å². The molecule has 0 aliphatic carbocycles. The topological polar surface area (TPSA) is 66.9 Å². The van der Waals surface area contributed by atoms with Crippen LogP contribution in [0.15, 0.2) is 40.8 Å². The number of sulfonamides is 1. The molecule has 2 aliphatic heterocycles. The minimum atomic E-state index is -3.59. The van der Waals surface area contributed by atoms with Crippen LogP contribution >= 0.6 is 0 Å². The zero-order chi connectivity index (χ0) is 18.7. The molecule has 2 aliphatic rings. The van der Waals surface area contributed by atoms with Gasteiger partial charge in [0, 0.05) is 44.8 Å². The van der Waals surface area contributed by atoms with Crippen molar-refractivity contribution in [2.75, 3.05) is 39.9 Å². The fourth-order valence-corrected chi connectivity index (χ4v) is 4.91. The third-order valence-corrected chi connectivity index (χ3v) is 6.95. The Labute approximate surface area is 155 Å². The molecular weight excluding hydrogens is 352 g/mol. The Kier molecular flexibility index (Phi) is 5.79. The van der Waals surface area contributed by atoms with Crippen molar-refractivity contribution in [2.24, 2.45) is 5.92 Å². The summed E-state index contributed by atoms with van der Waals surface area (Å²) in [5.41, 5.74) is 1.63. The maximum atomic E-state index is 12.9. The maximum absolute atomic E-state index is 12.9. The van der Waals surface area contributed by atoms with E-state index in [4.69, 9.17) is 4.74 Å². The summed E-state index contributed by atoms with van der Waals surface area (Å²) < 4.78 is 32.4. The van der Waals surface area contributed by atoms with E-state index in [1.165, 1.54) is 15.9 Å². The summed E-state index contributed by atoms with van der Waals surface area (Å²) >= 11 is 0. The van der Waals surface area contributed by atoms with Crippen molar-refractivity contribution in [1.82, 2.24) is 9.21 Å². The number of hydrogen-bond acceptors (Lipinski definition) is 4. The molecule has 3 rings (SSSR count). The van der Waals surface area contributed by atoms with Crippen LogP contribution in [-0.2, 0) is 14.8 Å². The number of likely N-dealkylation sites (tertiary alicyclic amines) is 1. The SMILES string of the molecule is COCC1CCN(C(=O)c2cccc(S(=O)(=O)N3CC=C(C)CC3)c2)C1. The Bertz CT molecular complexity index is 804. The predicted molar refractivity (Wildman–Crippen MR) is 99.5 cm³/mol. The van der Waals surface area contributed by atoms with Crippen molar-refractivity contribution >= 4 is 15.9 Å². The van der Waals surface area contributed by atoms with E-state index in [2.05, 4.69) is 0 Å². The molecule has 1 aromatic carbocycles. The molecule has 0 saturated carbocycles. The number of benzene rings is 1. The molecule has 26 heavy (non-hydrogen) atoms. The lowest BCUT2D eigenvalue weighted by molar-refractivity contribution is 0.0775. The highest BCUT2D eigenvalue weighted by atomic mass is 32.2. The van der Waals surface area contributed by atoms with Gasteiger partial charge in [0.15, 0.2) is 0 Å². The van der Waals surface area contributed by atoms with Gasteiger partial charge in [-0.1, -0.05) is 17.7 Å². The Morgan fingerprint density at radius 2 is 2.12 bits per heavy atom. The van der Waals surface area contributed by atoms with Gasteiger partial charge in [-0.2, -0.15) is 4.31 Å². The van der Waals surface area contributed by atoms with Crippen LogP contribution in [-0.4, -0.2) is 63.4 Å². The zero-order valence-corrected chi connectivity index (χ0v) is 16.2. The van der Waals surface area contributed by atoms with Crippen LogP contribution in [0, 0.1) is 5.92 Å². The van der Waals surface area contributed by atoms with E-state index in [1.807, 2.05) is 13.0 Å². The number of methoxy groups -OCH3 is 1. The fraction of sp³-hybridized carbons (Fsp3) is 0.526. The molecular formula is C19H26N2O4S. The monoisotopic (exact) mass is 378 g/mol. The summed E-state index contributed by atoms with van der Waals surface area (Å²) in [7, 11) is -1.92. The lowest BCUT2D eigenvalue weighted by Gasteiger charge is -2.25. The fourth-order valence-electron chi connectivity index (χ4n) is 3.48. The van der Waals surface area contributed by atoms with Crippen molar-refractivity contribution in [3.8, 4) is 0 Å². The first kappa shape index (κ1) is 19.1. The van der Waals surface area contributed by atoms with Crippen molar-refractivity contribution < 1.29 is 17.9 Å². The first-order valence-electron chi connectivity index (χ1n) is 8.96. The first-order valence-corrected chi connectivity index (χ1v) is 10.4. The minimum Gasteiger partial charge on any atom is -0.384 e. The molecule has 0 radical (unpaired) electrons. The third-order valence-electron chi connectivity index (χ3n) is 5.09. The predicted octanol–water partition coefficient (Wildman–Crippen LogP) is 2.14. The second-order valence-electron chi connectivity index (χ2n) is 7.05. The van der Waals surface area contributed by atoms with Crippen molar-refractivity contribution in [3.05, 3.63) is 41.5 Å². The normalized spacial score (nSPS) is 21.7. The molecule has 1 amide bonds. The lowest BCUT2D eigenvalue weighted by atomic mass is 10.1. The number of rotatable bonds is 5. The van der Waals surface area contributed by atoms with E-state index in [0.717, 1.165) is 12.8 Å². The summed E-state index contributed by atoms with van der Waals surface area (Å²) in [4.78, 5) is 14.7. The van der Waals surface area contributed by atoms with Gasteiger partial charge in [-0.25, -0.2) is 8.42 Å². The second-order valence-corrected chi connectivity index (χ2v) is 8.99. The highest BCUT2D eigenvalue weighted by Crippen LogP contribution is 2.23. The molecule has 6 nitrogen and oxygen atoms in total. The van der Waals surface area contributed by atoms with Gasteiger partial charge in [0.1, 0.15) is 0 Å². The number of nitrogens with zero attached hydrogens (tertiary/aromatic N) is 2. The molecule has 0 N–H and O–H groups in total. The summed E-state index contributed by atoms with van der Waals surface area (Å²) in [5, 5.41) is 0.